The van der Waals surface area contributed by atoms with Crippen LogP contribution < -0.4 is 16.7 Å². The number of carbonyl (C=O) groups excluding carboxylic acids is 2. The number of nitrogens with one attached hydrogen (secondary N) is 1. The second-order valence-electron chi connectivity index (χ2n) is 9.77. The summed E-state index contributed by atoms with van der Waals surface area (Å²) in [7, 11) is 0. The second-order valence-corrected chi connectivity index (χ2v) is 11.0. The molecule has 0 radical (unpaired) electrons. The molecular weight excluding hydrogens is 564 g/mol. The number of hydrogen-bond donors (Lipinski definition) is 2. The average molecular weight is 611 g/mol. The van der Waals surface area contributed by atoms with E-state index in [0.29, 0.717) is 12.2 Å². The van der Waals surface area contributed by atoms with Crippen LogP contribution in [0.25, 0.3) is 0 Å². The average Bonchev–Trinajstić information content (AvgIpc) is 3.45. The predicted molar refractivity (Wildman–Crippen MR) is 175 cm³/mol. The number of thioether (sulfide) groups is 1. The molecule has 2 rings (SSSR count). The van der Waals surface area contributed by atoms with Crippen LogP contribution in [0.1, 0.15) is 71.4 Å². The van der Waals surface area contributed by atoms with Gasteiger partial charge in [-0.15, -0.1) is 11.8 Å². The van der Waals surface area contributed by atoms with Crippen molar-refractivity contribution < 1.29 is 19.1 Å². The minimum absolute atomic E-state index is 0.00982. The van der Waals surface area contributed by atoms with Gasteiger partial charge in [0.05, 0.1) is 0 Å². The van der Waals surface area contributed by atoms with Crippen molar-refractivity contribution in [2.45, 2.75) is 82.9 Å². The van der Waals surface area contributed by atoms with Crippen LogP contribution in [0.4, 0.5) is 5.82 Å². The molecule has 1 aromatic heterocycles. The van der Waals surface area contributed by atoms with Gasteiger partial charge in [-0.05, 0) is 57.9 Å². The summed E-state index contributed by atoms with van der Waals surface area (Å²) in [5, 5.41) is 2.67. The van der Waals surface area contributed by atoms with E-state index in [1.54, 1.807) is 6.92 Å². The van der Waals surface area contributed by atoms with Crippen molar-refractivity contribution in [2.75, 3.05) is 18.1 Å². The topological polar surface area (TPSA) is 126 Å². The Hall–Kier alpha value is -3.63. The van der Waals surface area contributed by atoms with E-state index in [-0.39, 0.29) is 24.8 Å². The Bertz CT molecular complexity index is 1220. The lowest BCUT2D eigenvalue weighted by Crippen LogP contribution is -2.40. The number of nitrogens with zero attached hydrogens (tertiary/aromatic N) is 2. The number of nitrogen functional groups attached to an aromatic ring is 1. The van der Waals surface area contributed by atoms with Crippen molar-refractivity contribution in [1.82, 2.24) is 14.9 Å². The Labute approximate surface area is 259 Å². The number of nitrogens with two attached hydrogens (primary N) is 1. The lowest BCUT2D eigenvalue weighted by Gasteiger charge is -2.16. The molecule has 1 fully saturated rings. The lowest BCUT2D eigenvalue weighted by atomic mass is 10.2. The molecule has 1 aromatic rings. The molecule has 0 saturated carbocycles. The molecule has 1 amide bonds. The molecular formula is C33H46N4O5S. The molecule has 234 valence electrons. The maximum atomic E-state index is 12.3. The summed E-state index contributed by atoms with van der Waals surface area (Å²) >= 11 is 1.43. The minimum atomic E-state index is -0.774. The maximum absolute atomic E-state index is 12.3. The first-order chi connectivity index (χ1) is 20.9. The highest BCUT2D eigenvalue weighted by Gasteiger charge is 2.29. The van der Waals surface area contributed by atoms with Crippen LogP contribution in [0.2, 0.25) is 0 Å². The molecule has 0 spiro atoms. The van der Waals surface area contributed by atoms with E-state index in [1.165, 1.54) is 28.6 Å². The quantitative estimate of drug-likeness (QED) is 0.146. The van der Waals surface area contributed by atoms with Crippen molar-refractivity contribution in [3.05, 3.63) is 95.7 Å². The van der Waals surface area contributed by atoms with Crippen LogP contribution in [0.3, 0.4) is 0 Å². The van der Waals surface area contributed by atoms with E-state index in [0.717, 1.165) is 38.5 Å². The van der Waals surface area contributed by atoms with Crippen molar-refractivity contribution in [1.29, 1.82) is 0 Å². The van der Waals surface area contributed by atoms with Gasteiger partial charge in [0, 0.05) is 18.4 Å². The first-order valence-corrected chi connectivity index (χ1v) is 15.9. The molecule has 3 atom stereocenters. The number of rotatable bonds is 19. The highest BCUT2D eigenvalue weighted by molar-refractivity contribution is 8.00. The summed E-state index contributed by atoms with van der Waals surface area (Å²) < 4.78 is 12.5. The van der Waals surface area contributed by atoms with E-state index < -0.39 is 29.4 Å². The molecule has 0 bridgehead atoms. The molecule has 1 aliphatic heterocycles. The third-order valence-corrected chi connectivity index (χ3v) is 7.22. The Balaban J connectivity index is 1.50. The lowest BCUT2D eigenvalue weighted by molar-refractivity contribution is -0.150. The van der Waals surface area contributed by atoms with Gasteiger partial charge in [0.2, 0.25) is 5.91 Å². The van der Waals surface area contributed by atoms with Crippen LogP contribution in [0, 0.1) is 0 Å². The predicted octanol–water partition coefficient (Wildman–Crippen LogP) is 5.94. The highest BCUT2D eigenvalue weighted by atomic mass is 32.2. The summed E-state index contributed by atoms with van der Waals surface area (Å²) in [5.74, 6) is -0.105. The van der Waals surface area contributed by atoms with E-state index in [9.17, 15) is 14.4 Å². The number of carbonyl (C=O) groups is 2. The fraction of sp³-hybridized carbons (Fsp3) is 0.455. The minimum Gasteiger partial charge on any atom is -0.460 e. The number of ether oxygens (including phenoxy) is 2. The zero-order valence-corrected chi connectivity index (χ0v) is 26.1. The number of esters is 1. The fourth-order valence-corrected chi connectivity index (χ4v) is 4.81. The third-order valence-electron chi connectivity index (χ3n) is 6.12. The number of amides is 1. The third kappa shape index (κ3) is 16.0. The standard InChI is InChI=1S/C33H46N4O5S/c1-3-4-5-6-7-8-9-10-11-12-13-14-15-16-17-18-19-20-21-22-29(38)35-27(2)32(39)41-25-31-42-30(26-43-31)37-24-23-28(34)36-33(37)40/h4-5,7-8,10-11,13-14,16-17,19-20,23-24,27,30-31H,3,6,9,12,15,18,21-22,25-26H2,1-2H3,(H,35,38)(H2,34,36,40)/b5-4-,8-7-,11-10-,14-13-,17-16-,20-19-/t27-,30?,31+/m0/s1. The smallest absolute Gasteiger partial charge is 0.351 e. The van der Waals surface area contributed by atoms with E-state index >= 15 is 0 Å². The molecule has 1 aliphatic rings. The Morgan fingerprint density at radius 2 is 1.58 bits per heavy atom. The summed E-state index contributed by atoms with van der Waals surface area (Å²) in [5.41, 5.74) is 4.60. The van der Waals surface area contributed by atoms with Gasteiger partial charge in [0.25, 0.3) is 0 Å². The van der Waals surface area contributed by atoms with Gasteiger partial charge in [-0.3, -0.25) is 9.36 Å². The molecule has 1 saturated heterocycles. The molecule has 0 aliphatic carbocycles. The summed E-state index contributed by atoms with van der Waals surface area (Å²) in [4.78, 5) is 40.2. The normalized spacial score (nSPS) is 18.3. The Morgan fingerprint density at radius 3 is 2.14 bits per heavy atom. The van der Waals surface area contributed by atoms with E-state index in [1.807, 2.05) is 12.2 Å². The zero-order valence-electron chi connectivity index (χ0n) is 25.3. The number of hydrogen-bond acceptors (Lipinski definition) is 8. The maximum Gasteiger partial charge on any atom is 0.351 e. The van der Waals surface area contributed by atoms with Gasteiger partial charge >= 0.3 is 11.7 Å². The van der Waals surface area contributed by atoms with Crippen LogP contribution in [-0.2, 0) is 19.1 Å². The van der Waals surface area contributed by atoms with Crippen molar-refractivity contribution >= 4 is 29.5 Å². The molecule has 1 unspecified atom stereocenters. The molecule has 43 heavy (non-hydrogen) atoms. The second kappa shape index (κ2) is 22.0. The molecule has 10 heteroatoms. The molecule has 3 N–H and O–H groups in total. The monoisotopic (exact) mass is 610 g/mol. The Kier molecular flexibility index (Phi) is 18.2. The van der Waals surface area contributed by atoms with Crippen LogP contribution in [-0.4, -0.2) is 45.3 Å². The summed E-state index contributed by atoms with van der Waals surface area (Å²) in [6.45, 7) is 3.74. The molecule has 2 heterocycles. The fourth-order valence-electron chi connectivity index (χ4n) is 3.82. The number of anilines is 1. The largest absolute Gasteiger partial charge is 0.460 e. The van der Waals surface area contributed by atoms with Gasteiger partial charge in [0.1, 0.15) is 30.1 Å². The van der Waals surface area contributed by atoms with E-state index in [2.05, 4.69) is 78.0 Å². The molecule has 0 aromatic carbocycles. The highest BCUT2D eigenvalue weighted by Crippen LogP contribution is 2.31. The number of aromatic nitrogens is 2. The zero-order chi connectivity index (χ0) is 31.1. The van der Waals surface area contributed by atoms with Crippen LogP contribution in [0.5, 0.6) is 0 Å². The summed E-state index contributed by atoms with van der Waals surface area (Å²) in [6.07, 6.45) is 33.3. The van der Waals surface area contributed by atoms with Gasteiger partial charge in [-0.25, -0.2) is 9.59 Å². The van der Waals surface area contributed by atoms with E-state index in [4.69, 9.17) is 15.2 Å². The SMILES string of the molecule is CC/C=C\C/C=C\C/C=C\C/C=C\C/C=C\C/C=C\CCC(=O)N[C@@H](C)C(=O)OC[C@@H]1OC(n2ccc(N)nc2=O)CS1. The number of allylic oxidation sites excluding steroid dienone is 12. The van der Waals surface area contributed by atoms with Crippen molar-refractivity contribution in [3.63, 3.8) is 0 Å². The van der Waals surface area contributed by atoms with Gasteiger partial charge in [-0.1, -0.05) is 79.8 Å². The first-order valence-electron chi connectivity index (χ1n) is 14.9. The van der Waals surface area contributed by atoms with Gasteiger partial charge in [-0.2, -0.15) is 4.98 Å². The van der Waals surface area contributed by atoms with Gasteiger partial charge in [0.15, 0.2) is 0 Å². The van der Waals surface area contributed by atoms with Crippen LogP contribution in [0.15, 0.2) is 90.0 Å². The van der Waals surface area contributed by atoms with Crippen LogP contribution >= 0.6 is 11.8 Å². The van der Waals surface area contributed by atoms with Gasteiger partial charge < -0.3 is 20.5 Å². The Morgan fingerprint density at radius 1 is 1.02 bits per heavy atom. The van der Waals surface area contributed by atoms with Crippen molar-refractivity contribution in [2.24, 2.45) is 0 Å². The first kappa shape index (κ1) is 35.6. The summed E-state index contributed by atoms with van der Waals surface area (Å²) in [6, 6.07) is 0.749. The van der Waals surface area contributed by atoms with Crippen molar-refractivity contribution in [3.8, 4) is 0 Å². The molecule has 9 nitrogen and oxygen atoms in total.